The first-order valence-corrected chi connectivity index (χ1v) is 13.8. The van der Waals surface area contributed by atoms with Crippen molar-refractivity contribution in [3.8, 4) is 39.4 Å². The Hall–Kier alpha value is -3.08. The quantitative estimate of drug-likeness (QED) is 0.222. The van der Waals surface area contributed by atoms with Crippen molar-refractivity contribution in [2.24, 2.45) is 0 Å². The summed E-state index contributed by atoms with van der Waals surface area (Å²) in [6, 6.07) is 23.3. The number of benzene rings is 3. The molecule has 1 radical (unpaired) electrons. The number of aromatic nitrogens is 4. The molecule has 0 saturated heterocycles. The zero-order chi connectivity index (χ0) is 29.1. The minimum absolute atomic E-state index is 0. The average molecular weight is 590 g/mol. The maximum Gasteiger partial charge on any atom is 0.439 e. The number of hydrogen-bond donors (Lipinski definition) is 1. The van der Waals surface area contributed by atoms with Gasteiger partial charge in [0, 0.05) is 63.4 Å². The Morgan fingerprint density at radius 3 is 2.14 bits per heavy atom. The van der Waals surface area contributed by atoms with Crippen LogP contribution in [0, 0.1) is 6.92 Å². The first kappa shape index (κ1) is 31.8. The zero-order valence-corrected chi connectivity index (χ0v) is 28.1. The molecule has 0 aliphatic heterocycles. The van der Waals surface area contributed by atoms with Gasteiger partial charge in [-0.25, -0.2) is 9.78 Å². The van der Waals surface area contributed by atoms with Crippen LogP contribution in [0.15, 0.2) is 86.9 Å². The minimum Gasteiger partial charge on any atom is -0.488 e. The van der Waals surface area contributed by atoms with E-state index in [0.29, 0.717) is 24.4 Å². The third kappa shape index (κ3) is 7.27. The van der Waals surface area contributed by atoms with E-state index < -0.39 is 5.76 Å². The van der Waals surface area contributed by atoms with E-state index in [-0.39, 0.29) is 62.5 Å². The van der Waals surface area contributed by atoms with Gasteiger partial charge in [-0.2, -0.15) is 0 Å². The fourth-order valence-electron chi connectivity index (χ4n) is 4.93. The fourth-order valence-corrected chi connectivity index (χ4v) is 4.93. The van der Waals surface area contributed by atoms with Crippen LogP contribution in [0.5, 0.6) is 5.75 Å². The molecule has 211 valence electrons. The maximum absolute atomic E-state index is 13.9. The van der Waals surface area contributed by atoms with E-state index in [9.17, 15) is 9.59 Å². The molecule has 8 nitrogen and oxygen atoms in total. The monoisotopic (exact) mass is 589 g/mol. The van der Waals surface area contributed by atoms with Crippen molar-refractivity contribution in [3.05, 3.63) is 111 Å². The average Bonchev–Trinajstić information content (AvgIpc) is 3.37. The molecule has 0 atom stereocenters. The van der Waals surface area contributed by atoms with Gasteiger partial charge < -0.3 is 4.74 Å². The second kappa shape index (κ2) is 13.5. The van der Waals surface area contributed by atoms with Crippen LogP contribution < -0.4 is 16.1 Å². The fraction of sp³-hybridized carbons (Fsp3) is 0.273. The standard InChI is InChI=1S/C33H34N4O4.K/c1-6-9-28-34-21(2)29(24-16-18-25(19-17-24)40-33(3,4)5)31(38)37(28)20-22-12-14-23(15-13-22)26-10-7-8-11-27(26)30-35-32(39)41-36-30;/h7-8,10-19H,6,9,20H2,1-5H3,(H,35,36,39);. The molecule has 0 fully saturated rings. The molecule has 3 aromatic carbocycles. The summed E-state index contributed by atoms with van der Waals surface area (Å²) in [5, 5.41) is 3.85. The predicted molar refractivity (Wildman–Crippen MR) is 166 cm³/mol. The van der Waals surface area contributed by atoms with Crippen molar-refractivity contribution < 1.29 is 9.26 Å². The normalized spacial score (nSPS) is 11.3. The first-order chi connectivity index (χ1) is 19.6. The molecule has 5 aromatic rings. The van der Waals surface area contributed by atoms with E-state index in [1.54, 1.807) is 4.57 Å². The van der Waals surface area contributed by atoms with Gasteiger partial charge in [-0.1, -0.05) is 72.7 Å². The van der Waals surface area contributed by atoms with Crippen LogP contribution in [-0.2, 0) is 13.0 Å². The molecule has 5 rings (SSSR count). The van der Waals surface area contributed by atoms with Gasteiger partial charge >= 0.3 is 5.76 Å². The second-order valence-corrected chi connectivity index (χ2v) is 11.1. The van der Waals surface area contributed by atoms with Crippen LogP contribution in [0.25, 0.3) is 33.6 Å². The van der Waals surface area contributed by atoms with E-state index in [2.05, 4.69) is 17.1 Å². The first-order valence-electron chi connectivity index (χ1n) is 13.8. The number of nitrogens with zero attached hydrogens (tertiary/aromatic N) is 3. The third-order valence-electron chi connectivity index (χ3n) is 6.70. The molecule has 0 aliphatic carbocycles. The van der Waals surface area contributed by atoms with Gasteiger partial charge in [-0.3, -0.25) is 18.9 Å². The number of hydrogen-bond acceptors (Lipinski definition) is 6. The summed E-state index contributed by atoms with van der Waals surface area (Å²) in [6.45, 7) is 10.4. The van der Waals surface area contributed by atoms with Crippen molar-refractivity contribution in [2.75, 3.05) is 0 Å². The van der Waals surface area contributed by atoms with Gasteiger partial charge in [0.25, 0.3) is 5.56 Å². The SMILES string of the molecule is CCCc1nc(C)c(-c2ccc(OC(C)(C)C)cc2)c(=O)n1Cc1ccc(-c2ccccc2-c2noc(=O)[nH]2)cc1.[K]. The van der Waals surface area contributed by atoms with E-state index in [4.69, 9.17) is 14.2 Å². The van der Waals surface area contributed by atoms with Crippen molar-refractivity contribution in [1.29, 1.82) is 0 Å². The Balaban J connectivity index is 0.00000405. The molecular formula is C33H34KN4O4. The summed E-state index contributed by atoms with van der Waals surface area (Å²) in [4.78, 5) is 32.9. The molecule has 0 spiro atoms. The predicted octanol–water partition coefficient (Wildman–Crippen LogP) is 6.03. The van der Waals surface area contributed by atoms with Crippen LogP contribution in [-0.4, -0.2) is 76.7 Å². The second-order valence-electron chi connectivity index (χ2n) is 11.1. The summed E-state index contributed by atoms with van der Waals surface area (Å²) in [7, 11) is 0. The molecule has 42 heavy (non-hydrogen) atoms. The largest absolute Gasteiger partial charge is 0.488 e. The van der Waals surface area contributed by atoms with E-state index in [0.717, 1.165) is 51.5 Å². The molecule has 0 amide bonds. The van der Waals surface area contributed by atoms with Crippen molar-refractivity contribution in [3.63, 3.8) is 0 Å². The molecule has 1 N–H and O–H groups in total. The third-order valence-corrected chi connectivity index (χ3v) is 6.70. The number of nitrogens with one attached hydrogen (secondary N) is 1. The van der Waals surface area contributed by atoms with Gasteiger partial charge in [0.1, 0.15) is 17.2 Å². The molecule has 2 aromatic heterocycles. The molecule has 2 heterocycles. The van der Waals surface area contributed by atoms with Crippen LogP contribution >= 0.6 is 0 Å². The molecule has 0 saturated carbocycles. The minimum atomic E-state index is -0.598. The van der Waals surface area contributed by atoms with Crippen LogP contribution in [0.4, 0.5) is 0 Å². The molecule has 9 heteroatoms. The van der Waals surface area contributed by atoms with E-state index >= 15 is 0 Å². The van der Waals surface area contributed by atoms with Gasteiger partial charge in [0.2, 0.25) is 0 Å². The number of rotatable bonds is 8. The van der Waals surface area contributed by atoms with E-state index in [1.165, 1.54) is 0 Å². The van der Waals surface area contributed by atoms with Gasteiger partial charge in [0.15, 0.2) is 5.82 Å². The van der Waals surface area contributed by atoms with E-state index in [1.807, 2.05) is 100 Å². The number of aromatic amines is 1. The molecule has 0 unspecified atom stereocenters. The molecule has 0 aliphatic rings. The van der Waals surface area contributed by atoms with Gasteiger partial charge in [-0.05, 0) is 68.5 Å². The summed E-state index contributed by atoms with van der Waals surface area (Å²) in [5.41, 5.74) is 5.37. The molecular weight excluding hydrogens is 555 g/mol. The van der Waals surface area contributed by atoms with Gasteiger partial charge in [-0.15, -0.1) is 0 Å². The van der Waals surface area contributed by atoms with Crippen molar-refractivity contribution in [1.82, 2.24) is 19.7 Å². The Morgan fingerprint density at radius 1 is 0.905 bits per heavy atom. The molecule has 0 bridgehead atoms. The van der Waals surface area contributed by atoms with Crippen LogP contribution in [0.3, 0.4) is 0 Å². The van der Waals surface area contributed by atoms with Crippen molar-refractivity contribution >= 4 is 51.4 Å². The van der Waals surface area contributed by atoms with Gasteiger partial charge in [0.05, 0.1) is 17.8 Å². The van der Waals surface area contributed by atoms with Crippen molar-refractivity contribution in [2.45, 2.75) is 59.6 Å². The smallest absolute Gasteiger partial charge is 0.439 e. The summed E-state index contributed by atoms with van der Waals surface area (Å²) >= 11 is 0. The number of H-pyrrole nitrogens is 1. The number of aryl methyl sites for hydroxylation is 2. The topological polar surface area (TPSA) is 103 Å². The summed E-state index contributed by atoms with van der Waals surface area (Å²) in [5.74, 6) is 1.31. The van der Waals surface area contributed by atoms with Crippen LogP contribution in [0.1, 0.15) is 51.2 Å². The number of ether oxygens (including phenoxy) is 1. The van der Waals surface area contributed by atoms with Crippen LogP contribution in [0.2, 0.25) is 0 Å². The Kier molecular flexibility index (Phi) is 10.2. The zero-order valence-electron chi connectivity index (χ0n) is 25.0. The summed E-state index contributed by atoms with van der Waals surface area (Å²) in [6.07, 6.45) is 1.58. The maximum atomic E-state index is 13.9. The Morgan fingerprint density at radius 2 is 1.55 bits per heavy atom. The Labute approximate surface area is 287 Å². The Bertz CT molecular complexity index is 1780. The summed E-state index contributed by atoms with van der Waals surface area (Å²) < 4.78 is 12.5.